The standard InChI is InChI=1S/C12H9ClN4/c13-10-11(8-4-2-1-3-5-8)16-17-9(14)6-7-15-12(10)17/h1-7H,14H2. The van der Waals surface area contributed by atoms with Gasteiger partial charge in [-0.05, 0) is 6.07 Å². The summed E-state index contributed by atoms with van der Waals surface area (Å²) in [4.78, 5) is 4.18. The van der Waals surface area contributed by atoms with Gasteiger partial charge in [0.2, 0.25) is 0 Å². The minimum atomic E-state index is 0.513. The lowest BCUT2D eigenvalue weighted by Gasteiger charge is -1.95. The van der Waals surface area contributed by atoms with Crippen LogP contribution in [0, 0.1) is 0 Å². The molecule has 0 aliphatic carbocycles. The van der Waals surface area contributed by atoms with E-state index in [2.05, 4.69) is 10.1 Å². The third-order valence-corrected chi connectivity index (χ3v) is 2.89. The van der Waals surface area contributed by atoms with Crippen LogP contribution in [0.1, 0.15) is 0 Å². The quantitative estimate of drug-likeness (QED) is 0.716. The molecule has 17 heavy (non-hydrogen) atoms. The molecule has 0 bridgehead atoms. The van der Waals surface area contributed by atoms with Crippen molar-refractivity contribution >= 4 is 23.1 Å². The predicted molar refractivity (Wildman–Crippen MR) is 67.8 cm³/mol. The second-order valence-electron chi connectivity index (χ2n) is 3.63. The van der Waals surface area contributed by atoms with Gasteiger partial charge in [0.15, 0.2) is 5.65 Å². The molecule has 3 aromatic rings. The van der Waals surface area contributed by atoms with E-state index in [1.807, 2.05) is 30.3 Å². The molecule has 0 spiro atoms. The van der Waals surface area contributed by atoms with Crippen LogP contribution in [0.25, 0.3) is 16.9 Å². The van der Waals surface area contributed by atoms with Crippen LogP contribution in [-0.2, 0) is 0 Å². The van der Waals surface area contributed by atoms with E-state index in [0.29, 0.717) is 22.2 Å². The normalized spacial score (nSPS) is 10.9. The van der Waals surface area contributed by atoms with Gasteiger partial charge in [-0.15, -0.1) is 0 Å². The topological polar surface area (TPSA) is 56.2 Å². The fourth-order valence-electron chi connectivity index (χ4n) is 1.72. The van der Waals surface area contributed by atoms with Crippen LogP contribution in [-0.4, -0.2) is 14.6 Å². The van der Waals surface area contributed by atoms with Gasteiger partial charge in [-0.1, -0.05) is 41.9 Å². The zero-order chi connectivity index (χ0) is 11.8. The molecule has 4 nitrogen and oxygen atoms in total. The molecule has 0 fully saturated rings. The van der Waals surface area contributed by atoms with Crippen LogP contribution >= 0.6 is 11.6 Å². The van der Waals surface area contributed by atoms with E-state index in [-0.39, 0.29) is 0 Å². The predicted octanol–water partition coefficient (Wildman–Crippen LogP) is 2.63. The molecule has 2 N–H and O–H groups in total. The highest BCUT2D eigenvalue weighted by molar-refractivity contribution is 6.36. The van der Waals surface area contributed by atoms with E-state index in [1.54, 1.807) is 16.8 Å². The van der Waals surface area contributed by atoms with Gasteiger partial charge in [0.25, 0.3) is 0 Å². The Morgan fingerprint density at radius 1 is 1.12 bits per heavy atom. The molecule has 0 aliphatic heterocycles. The zero-order valence-corrected chi connectivity index (χ0v) is 9.59. The molecule has 0 aliphatic rings. The summed E-state index contributed by atoms with van der Waals surface area (Å²) >= 11 is 6.26. The number of fused-ring (bicyclic) bond motifs is 1. The monoisotopic (exact) mass is 244 g/mol. The van der Waals surface area contributed by atoms with Crippen LogP contribution in [0.4, 0.5) is 5.82 Å². The number of nitrogens with two attached hydrogens (primary N) is 1. The van der Waals surface area contributed by atoms with Crippen molar-refractivity contribution in [3.63, 3.8) is 0 Å². The van der Waals surface area contributed by atoms with Gasteiger partial charge in [0, 0.05) is 11.8 Å². The molecule has 0 radical (unpaired) electrons. The van der Waals surface area contributed by atoms with Crippen molar-refractivity contribution in [3.05, 3.63) is 47.6 Å². The summed E-state index contributed by atoms with van der Waals surface area (Å²) in [7, 11) is 0. The first kappa shape index (κ1) is 10.1. The Kier molecular flexibility index (Phi) is 2.23. The Balaban J connectivity index is 2.32. The highest BCUT2D eigenvalue weighted by Gasteiger charge is 2.14. The minimum Gasteiger partial charge on any atom is -0.384 e. The van der Waals surface area contributed by atoms with E-state index >= 15 is 0 Å². The van der Waals surface area contributed by atoms with Crippen LogP contribution in [0.3, 0.4) is 0 Å². The molecule has 84 valence electrons. The van der Waals surface area contributed by atoms with Crippen molar-refractivity contribution in [1.29, 1.82) is 0 Å². The van der Waals surface area contributed by atoms with Crippen molar-refractivity contribution < 1.29 is 0 Å². The molecule has 2 aromatic heterocycles. The first-order chi connectivity index (χ1) is 8.27. The Hall–Kier alpha value is -2.07. The number of nitrogen functional groups attached to an aromatic ring is 1. The number of hydrogen-bond acceptors (Lipinski definition) is 3. The van der Waals surface area contributed by atoms with Crippen molar-refractivity contribution in [2.75, 3.05) is 5.73 Å². The molecule has 0 amide bonds. The summed E-state index contributed by atoms with van der Waals surface area (Å²) in [5.74, 6) is 0.513. The van der Waals surface area contributed by atoms with Gasteiger partial charge in [-0.3, -0.25) is 0 Å². The number of aromatic nitrogens is 3. The van der Waals surface area contributed by atoms with E-state index in [0.717, 1.165) is 5.56 Å². The van der Waals surface area contributed by atoms with Gasteiger partial charge < -0.3 is 5.73 Å². The van der Waals surface area contributed by atoms with Gasteiger partial charge in [-0.25, -0.2) is 4.98 Å². The number of rotatable bonds is 1. The van der Waals surface area contributed by atoms with Crippen LogP contribution in [0.2, 0.25) is 5.02 Å². The second kappa shape index (κ2) is 3.75. The summed E-state index contributed by atoms with van der Waals surface area (Å²) in [5.41, 5.74) is 8.03. The molecular weight excluding hydrogens is 236 g/mol. The second-order valence-corrected chi connectivity index (χ2v) is 4.01. The maximum atomic E-state index is 6.26. The number of anilines is 1. The van der Waals surface area contributed by atoms with Crippen molar-refractivity contribution in [2.24, 2.45) is 0 Å². The van der Waals surface area contributed by atoms with Gasteiger partial charge in [0.1, 0.15) is 16.5 Å². The lowest BCUT2D eigenvalue weighted by molar-refractivity contribution is 0.956. The Morgan fingerprint density at radius 3 is 2.59 bits per heavy atom. The first-order valence-electron chi connectivity index (χ1n) is 5.11. The van der Waals surface area contributed by atoms with E-state index < -0.39 is 0 Å². The van der Waals surface area contributed by atoms with Crippen LogP contribution in [0.5, 0.6) is 0 Å². The summed E-state index contributed by atoms with van der Waals surface area (Å²) in [6.45, 7) is 0. The number of hydrogen-bond donors (Lipinski definition) is 1. The van der Waals surface area contributed by atoms with E-state index in [4.69, 9.17) is 17.3 Å². The van der Waals surface area contributed by atoms with Gasteiger partial charge in [-0.2, -0.15) is 9.61 Å². The SMILES string of the molecule is Nc1ccnc2c(Cl)c(-c3ccccc3)nn12. The lowest BCUT2D eigenvalue weighted by atomic mass is 10.2. The summed E-state index contributed by atoms with van der Waals surface area (Å²) in [6, 6.07) is 11.4. The maximum Gasteiger partial charge on any atom is 0.176 e. The highest BCUT2D eigenvalue weighted by atomic mass is 35.5. The average molecular weight is 245 g/mol. The fourth-order valence-corrected chi connectivity index (χ4v) is 1.99. The molecule has 0 atom stereocenters. The van der Waals surface area contributed by atoms with E-state index in [9.17, 15) is 0 Å². The lowest BCUT2D eigenvalue weighted by Crippen LogP contribution is -1.98. The van der Waals surface area contributed by atoms with Crippen molar-refractivity contribution in [3.8, 4) is 11.3 Å². The molecule has 0 saturated heterocycles. The number of benzene rings is 1. The van der Waals surface area contributed by atoms with Crippen LogP contribution < -0.4 is 5.73 Å². The maximum absolute atomic E-state index is 6.26. The molecular formula is C12H9ClN4. The molecule has 3 rings (SSSR count). The first-order valence-corrected chi connectivity index (χ1v) is 5.49. The van der Waals surface area contributed by atoms with Gasteiger partial charge in [0.05, 0.1) is 0 Å². The van der Waals surface area contributed by atoms with Crippen molar-refractivity contribution in [1.82, 2.24) is 14.6 Å². The van der Waals surface area contributed by atoms with Crippen LogP contribution in [0.15, 0.2) is 42.6 Å². The Labute approximate surface area is 103 Å². The molecule has 0 unspecified atom stereocenters. The third kappa shape index (κ3) is 1.54. The average Bonchev–Trinajstić information content (AvgIpc) is 2.70. The zero-order valence-electron chi connectivity index (χ0n) is 8.84. The highest BCUT2D eigenvalue weighted by Crippen LogP contribution is 2.30. The molecule has 1 aromatic carbocycles. The Morgan fingerprint density at radius 2 is 1.88 bits per heavy atom. The smallest absolute Gasteiger partial charge is 0.176 e. The summed E-state index contributed by atoms with van der Waals surface area (Å²) in [6.07, 6.45) is 1.62. The Bertz CT molecular complexity index is 676. The number of nitrogens with zero attached hydrogens (tertiary/aromatic N) is 3. The summed E-state index contributed by atoms with van der Waals surface area (Å²) < 4.78 is 1.55. The van der Waals surface area contributed by atoms with Gasteiger partial charge >= 0.3 is 0 Å². The molecule has 2 heterocycles. The fraction of sp³-hybridized carbons (Fsp3) is 0. The molecule has 0 saturated carbocycles. The summed E-state index contributed by atoms with van der Waals surface area (Å²) in [5, 5.41) is 4.90. The van der Waals surface area contributed by atoms with E-state index in [1.165, 1.54) is 0 Å². The molecule has 5 heteroatoms. The largest absolute Gasteiger partial charge is 0.384 e. The minimum absolute atomic E-state index is 0.513. The van der Waals surface area contributed by atoms with Crippen molar-refractivity contribution in [2.45, 2.75) is 0 Å². The third-order valence-electron chi connectivity index (χ3n) is 2.54. The number of halogens is 1.